The average Bonchev–Trinajstić information content (AvgIpc) is 2.60. The lowest BCUT2D eigenvalue weighted by Crippen LogP contribution is -2.58. The second kappa shape index (κ2) is 4.56. The van der Waals surface area contributed by atoms with Gasteiger partial charge in [0.2, 0.25) is 0 Å². The molecular weight excluding hydrogens is 212 g/mol. The smallest absolute Gasteiger partial charge is 0.114 e. The van der Waals surface area contributed by atoms with Gasteiger partial charge >= 0.3 is 0 Å². The molecule has 0 spiro atoms. The van der Waals surface area contributed by atoms with Crippen LogP contribution >= 0.6 is 0 Å². The van der Waals surface area contributed by atoms with E-state index in [0.717, 1.165) is 45.7 Å². The summed E-state index contributed by atoms with van der Waals surface area (Å²) in [4.78, 5) is 5.01. The predicted octanol–water partition coefficient (Wildman–Crippen LogP) is 0.270. The maximum absolute atomic E-state index is 9.78. The quantitative estimate of drug-likeness (QED) is 0.707. The molecule has 0 amide bonds. The lowest BCUT2D eigenvalue weighted by atomic mass is 9.78. The third-order valence-corrected chi connectivity index (χ3v) is 4.85. The summed E-state index contributed by atoms with van der Waals surface area (Å²) in [6.45, 7) is 7.77. The van der Waals surface area contributed by atoms with Crippen molar-refractivity contribution < 1.29 is 0 Å². The van der Waals surface area contributed by atoms with E-state index in [1.807, 2.05) is 0 Å². The molecule has 0 aromatic rings. The van der Waals surface area contributed by atoms with Gasteiger partial charge in [0, 0.05) is 38.6 Å². The minimum Gasteiger partial charge on any atom is -0.315 e. The van der Waals surface area contributed by atoms with Gasteiger partial charge in [0.1, 0.15) is 5.54 Å². The molecule has 17 heavy (non-hydrogen) atoms. The zero-order chi connectivity index (χ0) is 11.7. The van der Waals surface area contributed by atoms with Crippen molar-refractivity contribution in [3.63, 3.8) is 0 Å². The molecule has 4 nitrogen and oxygen atoms in total. The topological polar surface area (TPSA) is 42.3 Å². The zero-order valence-corrected chi connectivity index (χ0v) is 10.5. The van der Waals surface area contributed by atoms with Gasteiger partial charge in [0.25, 0.3) is 0 Å². The van der Waals surface area contributed by atoms with Crippen LogP contribution < -0.4 is 5.32 Å². The van der Waals surface area contributed by atoms with E-state index in [9.17, 15) is 5.26 Å². The Morgan fingerprint density at radius 1 is 1.18 bits per heavy atom. The van der Waals surface area contributed by atoms with E-state index in [0.29, 0.717) is 5.92 Å². The molecule has 1 N–H and O–H groups in total. The Labute approximate surface area is 104 Å². The Hall–Kier alpha value is -0.630. The van der Waals surface area contributed by atoms with E-state index >= 15 is 0 Å². The van der Waals surface area contributed by atoms with E-state index in [2.05, 4.69) is 21.2 Å². The summed E-state index contributed by atoms with van der Waals surface area (Å²) in [5.41, 5.74) is -0.154. The standard InChI is InChI=1S/C13H22N4/c14-11-13(17-6-1-4-15-5-9-17)3-8-16-7-2-12(13)10-16/h12,15H,1-10H2. The molecule has 3 aliphatic rings. The van der Waals surface area contributed by atoms with Crippen LogP contribution in [-0.4, -0.2) is 61.2 Å². The molecule has 3 heterocycles. The number of hydrogen-bond acceptors (Lipinski definition) is 4. The number of rotatable bonds is 1. The molecule has 3 unspecified atom stereocenters. The molecule has 0 radical (unpaired) electrons. The summed E-state index contributed by atoms with van der Waals surface area (Å²) < 4.78 is 0. The first-order chi connectivity index (χ1) is 8.35. The highest BCUT2D eigenvalue weighted by molar-refractivity contribution is 5.17. The molecule has 2 bridgehead atoms. The normalized spacial score (nSPS) is 43.0. The summed E-state index contributed by atoms with van der Waals surface area (Å²) in [6.07, 6.45) is 3.45. The highest BCUT2D eigenvalue weighted by Gasteiger charge is 2.50. The van der Waals surface area contributed by atoms with Gasteiger partial charge in [-0.3, -0.25) is 4.90 Å². The van der Waals surface area contributed by atoms with E-state index < -0.39 is 0 Å². The average molecular weight is 234 g/mol. The van der Waals surface area contributed by atoms with Gasteiger partial charge in [0.05, 0.1) is 6.07 Å². The van der Waals surface area contributed by atoms with Crippen LogP contribution in [0.5, 0.6) is 0 Å². The van der Waals surface area contributed by atoms with E-state index in [1.165, 1.54) is 19.4 Å². The third-order valence-electron chi connectivity index (χ3n) is 4.85. The molecule has 94 valence electrons. The minimum absolute atomic E-state index is 0.154. The molecule has 0 aliphatic carbocycles. The van der Waals surface area contributed by atoms with Crippen LogP contribution in [0, 0.1) is 17.2 Å². The van der Waals surface area contributed by atoms with Gasteiger partial charge in [-0.2, -0.15) is 5.26 Å². The van der Waals surface area contributed by atoms with Crippen LogP contribution in [-0.2, 0) is 0 Å². The number of nitriles is 1. The van der Waals surface area contributed by atoms with Crippen LogP contribution in [0.3, 0.4) is 0 Å². The predicted molar refractivity (Wildman–Crippen MR) is 66.6 cm³/mol. The number of fused-ring (bicyclic) bond motifs is 2. The van der Waals surface area contributed by atoms with Crippen molar-refractivity contribution in [1.29, 1.82) is 5.26 Å². The Morgan fingerprint density at radius 2 is 2.12 bits per heavy atom. The van der Waals surface area contributed by atoms with E-state index in [-0.39, 0.29) is 5.54 Å². The monoisotopic (exact) mass is 234 g/mol. The fourth-order valence-corrected chi connectivity index (χ4v) is 3.84. The molecule has 4 heteroatoms. The van der Waals surface area contributed by atoms with E-state index in [4.69, 9.17) is 0 Å². The lowest BCUT2D eigenvalue weighted by Gasteiger charge is -2.45. The van der Waals surface area contributed by atoms with Gasteiger partial charge in [-0.25, -0.2) is 0 Å². The first-order valence-corrected chi connectivity index (χ1v) is 6.94. The molecule has 0 aromatic carbocycles. The maximum atomic E-state index is 9.78. The van der Waals surface area contributed by atoms with E-state index in [1.54, 1.807) is 0 Å². The summed E-state index contributed by atoms with van der Waals surface area (Å²) in [5, 5.41) is 13.2. The molecule has 0 aromatic heterocycles. The van der Waals surface area contributed by atoms with Crippen LogP contribution in [0.4, 0.5) is 0 Å². The maximum Gasteiger partial charge on any atom is 0.114 e. The fourth-order valence-electron chi connectivity index (χ4n) is 3.84. The number of nitrogens with zero attached hydrogens (tertiary/aromatic N) is 3. The molecule has 0 saturated carbocycles. The van der Waals surface area contributed by atoms with Gasteiger partial charge in [-0.15, -0.1) is 0 Å². The summed E-state index contributed by atoms with van der Waals surface area (Å²) >= 11 is 0. The van der Waals surface area contributed by atoms with Crippen molar-refractivity contribution in [2.45, 2.75) is 24.8 Å². The van der Waals surface area contributed by atoms with Crippen molar-refractivity contribution in [2.24, 2.45) is 5.92 Å². The van der Waals surface area contributed by atoms with Gasteiger partial charge in [0.15, 0.2) is 0 Å². The first kappa shape index (κ1) is 11.5. The van der Waals surface area contributed by atoms with Crippen molar-refractivity contribution in [3.8, 4) is 6.07 Å². The van der Waals surface area contributed by atoms with Crippen LogP contribution in [0.15, 0.2) is 0 Å². The number of nitrogens with one attached hydrogen (secondary N) is 1. The summed E-state index contributed by atoms with van der Waals surface area (Å²) in [6, 6.07) is 2.71. The molecule has 3 saturated heterocycles. The van der Waals surface area contributed by atoms with Gasteiger partial charge < -0.3 is 10.2 Å². The Balaban J connectivity index is 1.82. The fraction of sp³-hybridized carbons (Fsp3) is 0.923. The van der Waals surface area contributed by atoms with Crippen molar-refractivity contribution in [3.05, 3.63) is 0 Å². The van der Waals surface area contributed by atoms with Crippen LogP contribution in [0.2, 0.25) is 0 Å². The molecule has 3 aliphatic heterocycles. The van der Waals surface area contributed by atoms with Gasteiger partial charge in [-0.05, 0) is 32.4 Å². The summed E-state index contributed by atoms with van der Waals surface area (Å²) in [5.74, 6) is 0.583. The second-order valence-corrected chi connectivity index (χ2v) is 5.66. The van der Waals surface area contributed by atoms with Crippen molar-refractivity contribution >= 4 is 0 Å². The minimum atomic E-state index is -0.154. The molecule has 3 fully saturated rings. The zero-order valence-electron chi connectivity index (χ0n) is 10.5. The Bertz CT molecular complexity index is 316. The third kappa shape index (κ3) is 1.87. The molecule has 3 rings (SSSR count). The second-order valence-electron chi connectivity index (χ2n) is 5.66. The number of hydrogen-bond donors (Lipinski definition) is 1. The first-order valence-electron chi connectivity index (χ1n) is 6.94. The Morgan fingerprint density at radius 3 is 3.00 bits per heavy atom. The van der Waals surface area contributed by atoms with Crippen molar-refractivity contribution in [2.75, 3.05) is 45.8 Å². The van der Waals surface area contributed by atoms with Crippen LogP contribution in [0.1, 0.15) is 19.3 Å². The highest BCUT2D eigenvalue weighted by Crippen LogP contribution is 2.39. The van der Waals surface area contributed by atoms with Gasteiger partial charge in [-0.1, -0.05) is 0 Å². The molecule has 3 atom stereocenters. The molecular formula is C13H22N4. The number of piperidine rings is 1. The highest BCUT2D eigenvalue weighted by atomic mass is 15.3. The largest absolute Gasteiger partial charge is 0.315 e. The van der Waals surface area contributed by atoms with Crippen molar-refractivity contribution in [1.82, 2.24) is 15.1 Å². The lowest BCUT2D eigenvalue weighted by molar-refractivity contribution is 0.0501. The summed E-state index contributed by atoms with van der Waals surface area (Å²) in [7, 11) is 0. The van der Waals surface area contributed by atoms with Crippen LogP contribution in [0.25, 0.3) is 0 Å². The SMILES string of the molecule is N#CC1(N2CCCNCC2)CCN2CCC1C2. The Kier molecular flexibility index (Phi) is 3.08.